The normalized spacial score (nSPS) is 18.3. The molecule has 10 heteroatoms. The molecule has 2 atom stereocenters. The molecule has 9 nitrogen and oxygen atoms in total. The lowest BCUT2D eigenvalue weighted by Gasteiger charge is -2.22. The van der Waals surface area contributed by atoms with Crippen LogP contribution in [0.1, 0.15) is 22.3 Å². The minimum Gasteiger partial charge on any atom is -0.394 e. The van der Waals surface area contributed by atoms with E-state index < -0.39 is 0 Å². The molecule has 4 N–H and O–H groups in total. The van der Waals surface area contributed by atoms with Gasteiger partial charge in [0, 0.05) is 47.0 Å². The van der Waals surface area contributed by atoms with Crippen molar-refractivity contribution in [2.75, 3.05) is 25.6 Å². The maximum Gasteiger partial charge on any atom is 0.258 e. The quantitative estimate of drug-likeness (QED) is 0.381. The number of carbonyl (C=O) groups is 1. The maximum absolute atomic E-state index is 12.9. The Morgan fingerprint density at radius 1 is 1.32 bits per heavy atom. The molecule has 176 valence electrons. The second-order valence-corrected chi connectivity index (χ2v) is 8.43. The number of rotatable bonds is 7. The number of fused-ring (bicyclic) bond motifs is 1. The van der Waals surface area contributed by atoms with Gasteiger partial charge >= 0.3 is 0 Å². The lowest BCUT2D eigenvalue weighted by atomic mass is 10.1. The smallest absolute Gasteiger partial charge is 0.258 e. The Hall–Kier alpha value is -3.53. The van der Waals surface area contributed by atoms with Crippen molar-refractivity contribution in [3.05, 3.63) is 81.2 Å². The molecule has 34 heavy (non-hydrogen) atoms. The van der Waals surface area contributed by atoms with Crippen LogP contribution < -0.4 is 10.9 Å². The van der Waals surface area contributed by atoms with Crippen LogP contribution in [0.5, 0.6) is 0 Å². The summed E-state index contributed by atoms with van der Waals surface area (Å²) in [7, 11) is 1.60. The lowest BCUT2D eigenvalue weighted by Crippen LogP contribution is -2.38. The van der Waals surface area contributed by atoms with Crippen LogP contribution in [0.2, 0.25) is 5.02 Å². The number of H-pyrrole nitrogens is 1. The predicted octanol–water partition coefficient (Wildman–Crippen LogP) is 3.84. The summed E-state index contributed by atoms with van der Waals surface area (Å²) < 4.78 is 5.34. The van der Waals surface area contributed by atoms with Crippen molar-refractivity contribution in [2.45, 2.75) is 18.6 Å². The molecule has 1 aromatic heterocycles. The van der Waals surface area contributed by atoms with Crippen LogP contribution in [0.25, 0.3) is 16.6 Å². The summed E-state index contributed by atoms with van der Waals surface area (Å²) in [6.07, 6.45) is 1.97. The molecule has 2 heterocycles. The number of hydrogen-bond acceptors (Lipinski definition) is 7. The molecule has 0 radical (unpaired) electrons. The number of likely N-dealkylation sites (tertiary alicyclic amines) is 1. The molecule has 1 aliphatic heterocycles. The Balaban J connectivity index is 1.52. The van der Waals surface area contributed by atoms with Crippen molar-refractivity contribution in [1.82, 2.24) is 9.88 Å². The summed E-state index contributed by atoms with van der Waals surface area (Å²) in [6, 6.07) is 13.3. The highest BCUT2D eigenvalue weighted by Crippen LogP contribution is 2.24. The molecular weight excluding hydrogens is 458 g/mol. The van der Waals surface area contributed by atoms with E-state index in [9.17, 15) is 14.7 Å². The predicted molar refractivity (Wildman–Crippen MR) is 130 cm³/mol. The third-order valence-corrected chi connectivity index (χ3v) is 6.13. The van der Waals surface area contributed by atoms with Gasteiger partial charge in [0.2, 0.25) is 0 Å². The zero-order valence-corrected chi connectivity index (χ0v) is 19.2. The number of carbonyl (C=O) groups excluding carboxylic acids is 1. The number of anilines is 1. The summed E-state index contributed by atoms with van der Waals surface area (Å²) in [5.74, 6) is -0.177. The Bertz CT molecular complexity index is 1300. The highest BCUT2D eigenvalue weighted by atomic mass is 35.5. The van der Waals surface area contributed by atoms with Gasteiger partial charge in [-0.05, 0) is 55.0 Å². The first-order chi connectivity index (χ1) is 16.4. The largest absolute Gasteiger partial charge is 0.394 e. The molecule has 0 spiro atoms. The van der Waals surface area contributed by atoms with Gasteiger partial charge in [-0.15, -0.1) is 0 Å². The number of pyridine rings is 1. The van der Waals surface area contributed by atoms with Crippen LogP contribution in [0.4, 0.5) is 5.69 Å². The van der Waals surface area contributed by atoms with Crippen LogP contribution in [-0.2, 0) is 4.74 Å². The average Bonchev–Trinajstić information content (AvgIpc) is 3.28. The van der Waals surface area contributed by atoms with Crippen LogP contribution >= 0.6 is 11.6 Å². The Labute approximate surface area is 200 Å². The SMILES string of the molecule is CO[C@@H]1C[C@H](CO)N(C(=O)c2ccc(N/C=C(\N=N)c3cc4cc(Cl)ccc4[nH]c3=O)cc2)C1. The number of benzene rings is 2. The van der Waals surface area contributed by atoms with Gasteiger partial charge in [0.05, 0.1) is 24.3 Å². The van der Waals surface area contributed by atoms with Gasteiger partial charge in [-0.2, -0.15) is 5.11 Å². The number of nitrogens with zero attached hydrogens (tertiary/aromatic N) is 2. The lowest BCUT2D eigenvalue weighted by molar-refractivity contribution is 0.0648. The van der Waals surface area contributed by atoms with E-state index in [4.69, 9.17) is 21.9 Å². The molecule has 3 aromatic rings. The van der Waals surface area contributed by atoms with Gasteiger partial charge in [-0.3, -0.25) is 9.59 Å². The van der Waals surface area contributed by atoms with Gasteiger partial charge in [0.25, 0.3) is 11.5 Å². The fourth-order valence-electron chi connectivity index (χ4n) is 4.03. The van der Waals surface area contributed by atoms with E-state index in [1.54, 1.807) is 60.5 Å². The number of nitrogens with one attached hydrogen (secondary N) is 3. The number of amides is 1. The van der Waals surface area contributed by atoms with E-state index in [-0.39, 0.29) is 41.5 Å². The summed E-state index contributed by atoms with van der Waals surface area (Å²) in [6.45, 7) is 0.318. The van der Waals surface area contributed by atoms with Crippen LogP contribution in [-0.4, -0.2) is 53.3 Å². The third-order valence-electron chi connectivity index (χ3n) is 5.89. The number of halogens is 1. The first-order valence-corrected chi connectivity index (χ1v) is 11.0. The summed E-state index contributed by atoms with van der Waals surface area (Å²) in [5, 5.41) is 17.4. The van der Waals surface area contributed by atoms with Crippen LogP contribution in [0.15, 0.2) is 64.6 Å². The van der Waals surface area contributed by atoms with Crippen molar-refractivity contribution in [3.8, 4) is 0 Å². The number of ether oxygens (including phenoxy) is 1. The number of aromatic amines is 1. The molecule has 2 aromatic carbocycles. The van der Waals surface area contributed by atoms with Gasteiger partial charge in [-0.25, -0.2) is 5.53 Å². The summed E-state index contributed by atoms with van der Waals surface area (Å²) in [4.78, 5) is 29.8. The number of methoxy groups -OCH3 is 1. The standard InChI is InChI=1S/C24H24ClN5O4/c1-34-19-10-18(13-31)30(12-19)24(33)14-2-5-17(6-3-14)27-11-22(29-26)20-9-15-8-16(25)4-7-21(15)28-23(20)32/h2-9,11,18-19,26-27,31H,10,12-13H2,1H3,(H,28,32)/b22-11-,29-26?/t18-,19-/m1/s1. The zero-order valence-electron chi connectivity index (χ0n) is 18.4. The minimum absolute atomic E-state index is 0.0893. The van der Waals surface area contributed by atoms with Crippen LogP contribution in [0, 0.1) is 5.53 Å². The van der Waals surface area contributed by atoms with Gasteiger partial charge in [0.15, 0.2) is 0 Å². The molecule has 0 bridgehead atoms. The fourth-order valence-corrected chi connectivity index (χ4v) is 4.21. The Morgan fingerprint density at radius 3 is 2.76 bits per heavy atom. The van der Waals surface area contributed by atoms with E-state index in [0.717, 1.165) is 5.39 Å². The first-order valence-electron chi connectivity index (χ1n) is 10.6. The second kappa shape index (κ2) is 10.2. The van der Waals surface area contributed by atoms with E-state index in [1.165, 1.54) is 6.20 Å². The van der Waals surface area contributed by atoms with E-state index in [0.29, 0.717) is 34.8 Å². The van der Waals surface area contributed by atoms with Crippen molar-refractivity contribution < 1.29 is 14.6 Å². The van der Waals surface area contributed by atoms with Crippen molar-refractivity contribution in [2.24, 2.45) is 5.11 Å². The van der Waals surface area contributed by atoms with Crippen molar-refractivity contribution in [1.29, 1.82) is 5.53 Å². The summed E-state index contributed by atoms with van der Waals surface area (Å²) >= 11 is 6.05. The second-order valence-electron chi connectivity index (χ2n) is 7.99. The molecule has 1 aliphatic rings. The molecule has 0 saturated carbocycles. The minimum atomic E-state index is -0.377. The Morgan fingerprint density at radius 2 is 2.09 bits per heavy atom. The third kappa shape index (κ3) is 4.86. The van der Waals surface area contributed by atoms with Gasteiger partial charge < -0.3 is 25.0 Å². The molecule has 4 rings (SSSR count). The molecule has 0 aliphatic carbocycles. The molecule has 1 fully saturated rings. The topological polar surface area (TPSA) is 131 Å². The number of aromatic nitrogens is 1. The fraction of sp³-hybridized carbons (Fsp3) is 0.250. The maximum atomic E-state index is 12.9. The van der Waals surface area contributed by atoms with Crippen molar-refractivity contribution in [3.63, 3.8) is 0 Å². The molecule has 1 amide bonds. The highest BCUT2D eigenvalue weighted by molar-refractivity contribution is 6.31. The number of aliphatic hydroxyl groups is 1. The molecule has 1 saturated heterocycles. The highest BCUT2D eigenvalue weighted by Gasteiger charge is 2.35. The van der Waals surface area contributed by atoms with Crippen molar-refractivity contribution >= 4 is 39.8 Å². The van der Waals surface area contributed by atoms with Gasteiger partial charge in [0.1, 0.15) is 5.70 Å². The van der Waals surface area contributed by atoms with Gasteiger partial charge in [-0.1, -0.05) is 11.6 Å². The van der Waals surface area contributed by atoms with Crippen LogP contribution in [0.3, 0.4) is 0 Å². The first kappa shape index (κ1) is 23.6. The van der Waals surface area contributed by atoms with E-state index in [1.807, 2.05) is 0 Å². The number of hydrogen-bond donors (Lipinski definition) is 4. The van der Waals surface area contributed by atoms with E-state index >= 15 is 0 Å². The average molecular weight is 482 g/mol. The molecule has 0 unspecified atom stereocenters. The monoisotopic (exact) mass is 481 g/mol. The van der Waals surface area contributed by atoms with E-state index in [2.05, 4.69) is 15.4 Å². The summed E-state index contributed by atoms with van der Waals surface area (Å²) in [5.41, 5.74) is 9.27. The zero-order chi connectivity index (χ0) is 24.2. The number of aliphatic hydroxyl groups excluding tert-OH is 1. The Kier molecular flexibility index (Phi) is 7.06. The molecular formula is C24H24ClN5O4.